The molecule has 1 nitrogen and oxygen atoms in total. The van der Waals surface area contributed by atoms with Gasteiger partial charge in [-0.15, -0.1) is 11.3 Å². The highest BCUT2D eigenvalue weighted by molar-refractivity contribution is 7.26. The molecule has 152 valence electrons. The van der Waals surface area contributed by atoms with E-state index in [9.17, 15) is 0 Å². The van der Waals surface area contributed by atoms with Crippen LogP contribution in [-0.4, -0.2) is 6.85 Å². The zero-order valence-electron chi connectivity index (χ0n) is 17.8. The quantitative estimate of drug-likeness (QED) is 0.233. The number of hydrogen-bond acceptors (Lipinski definition) is 2. The molecule has 5 aromatic carbocycles. The van der Waals surface area contributed by atoms with Crippen molar-refractivity contribution in [1.29, 1.82) is 0 Å². The maximum Gasteiger partial charge on any atom is 0.329 e. The SMILES string of the molecule is c1ccc2c(c1)B1c3ccccc3-c3c(ccc4sc5ccccc5c34)N1c1ccccc1-2. The zero-order chi connectivity index (χ0) is 21.5. The third-order valence-corrected chi connectivity index (χ3v) is 8.41. The number of thiophene rings is 1. The lowest BCUT2D eigenvalue weighted by atomic mass is 9.43. The van der Waals surface area contributed by atoms with Gasteiger partial charge in [-0.1, -0.05) is 84.9 Å². The number of fused-ring (bicyclic) bond motifs is 15. The minimum Gasteiger partial charge on any atom is -0.376 e. The van der Waals surface area contributed by atoms with Crippen molar-refractivity contribution in [1.82, 2.24) is 0 Å². The summed E-state index contributed by atoms with van der Waals surface area (Å²) < 4.78 is 2.71. The molecule has 1 aromatic heterocycles. The van der Waals surface area contributed by atoms with Crippen LogP contribution < -0.4 is 15.7 Å². The molecule has 0 radical (unpaired) electrons. The van der Waals surface area contributed by atoms with E-state index in [2.05, 4.69) is 114 Å². The minimum atomic E-state index is 0.169. The van der Waals surface area contributed by atoms with Gasteiger partial charge in [0.25, 0.3) is 0 Å². The van der Waals surface area contributed by atoms with Crippen LogP contribution in [0.3, 0.4) is 0 Å². The fraction of sp³-hybridized carbons (Fsp3) is 0. The molecule has 33 heavy (non-hydrogen) atoms. The van der Waals surface area contributed by atoms with Crippen LogP contribution in [0.1, 0.15) is 0 Å². The van der Waals surface area contributed by atoms with E-state index in [1.165, 1.54) is 64.7 Å². The van der Waals surface area contributed by atoms with Crippen molar-refractivity contribution >= 4 is 60.7 Å². The summed E-state index contributed by atoms with van der Waals surface area (Å²) in [5.41, 5.74) is 10.7. The van der Waals surface area contributed by atoms with Crippen molar-refractivity contribution in [3.63, 3.8) is 0 Å². The van der Waals surface area contributed by atoms with Gasteiger partial charge in [-0.3, -0.25) is 0 Å². The molecular weight excluding hydrogens is 417 g/mol. The van der Waals surface area contributed by atoms with E-state index in [1.807, 2.05) is 11.3 Å². The number of nitrogens with zero attached hydrogens (tertiary/aromatic N) is 1. The molecule has 0 atom stereocenters. The van der Waals surface area contributed by atoms with Gasteiger partial charge in [0.2, 0.25) is 0 Å². The Hall–Kier alpha value is -3.82. The van der Waals surface area contributed by atoms with Crippen LogP contribution in [0.5, 0.6) is 0 Å². The Balaban J connectivity index is 1.57. The lowest BCUT2D eigenvalue weighted by Crippen LogP contribution is -2.59. The van der Waals surface area contributed by atoms with Gasteiger partial charge in [0, 0.05) is 42.7 Å². The standard InChI is InChI=1S/C30H18BNS/c1-5-13-23-19(9-1)20-10-3-7-15-25(20)32-26-17-18-28-30(22-12-4-8-16-27(22)33-28)29(26)21-11-2-6-14-24(21)31(23)32/h1-18H. The first-order valence-electron chi connectivity index (χ1n) is 11.4. The summed E-state index contributed by atoms with van der Waals surface area (Å²) in [4.78, 5) is 2.58. The Morgan fingerprint density at radius 1 is 0.515 bits per heavy atom. The van der Waals surface area contributed by atoms with E-state index >= 15 is 0 Å². The second-order valence-electron chi connectivity index (χ2n) is 8.90. The van der Waals surface area contributed by atoms with E-state index in [0.717, 1.165) is 0 Å². The first-order valence-corrected chi connectivity index (χ1v) is 12.2. The monoisotopic (exact) mass is 435 g/mol. The Morgan fingerprint density at radius 3 is 2.06 bits per heavy atom. The molecule has 0 bridgehead atoms. The second kappa shape index (κ2) is 6.37. The van der Waals surface area contributed by atoms with Crippen molar-refractivity contribution < 1.29 is 0 Å². The molecular formula is C30H18BNS. The number of hydrogen-bond donors (Lipinski definition) is 0. The van der Waals surface area contributed by atoms with Crippen LogP contribution in [0.15, 0.2) is 109 Å². The number of rotatable bonds is 0. The predicted octanol–water partition coefficient (Wildman–Crippen LogP) is 6.96. The van der Waals surface area contributed by atoms with Crippen molar-refractivity contribution in [3.05, 3.63) is 109 Å². The van der Waals surface area contributed by atoms with Gasteiger partial charge in [-0.2, -0.15) is 0 Å². The summed E-state index contributed by atoms with van der Waals surface area (Å²) in [6.45, 7) is 0.169. The molecule has 2 aliphatic heterocycles. The molecule has 6 aromatic rings. The molecule has 0 amide bonds. The summed E-state index contributed by atoms with van der Waals surface area (Å²) in [6.07, 6.45) is 0. The highest BCUT2D eigenvalue weighted by atomic mass is 32.1. The topological polar surface area (TPSA) is 3.24 Å². The normalized spacial score (nSPS) is 13.3. The maximum atomic E-state index is 2.58. The summed E-state index contributed by atoms with van der Waals surface area (Å²) in [5.74, 6) is 0. The molecule has 0 saturated heterocycles. The van der Waals surface area contributed by atoms with Crippen molar-refractivity contribution in [2.45, 2.75) is 0 Å². The van der Waals surface area contributed by atoms with Crippen LogP contribution in [0.25, 0.3) is 42.4 Å². The average Bonchev–Trinajstić information content (AvgIpc) is 3.27. The lowest BCUT2D eigenvalue weighted by Gasteiger charge is -2.43. The lowest BCUT2D eigenvalue weighted by molar-refractivity contribution is 1.36. The molecule has 8 rings (SSSR count). The highest BCUT2D eigenvalue weighted by Crippen LogP contribution is 2.50. The van der Waals surface area contributed by atoms with Crippen molar-refractivity contribution in [2.24, 2.45) is 0 Å². The van der Waals surface area contributed by atoms with E-state index in [4.69, 9.17) is 0 Å². The molecule has 0 spiro atoms. The molecule has 0 unspecified atom stereocenters. The van der Waals surface area contributed by atoms with E-state index in [-0.39, 0.29) is 6.85 Å². The summed E-state index contributed by atoms with van der Waals surface area (Å²) >= 11 is 1.89. The van der Waals surface area contributed by atoms with Gasteiger partial charge in [0.05, 0.1) is 0 Å². The van der Waals surface area contributed by atoms with Crippen molar-refractivity contribution in [3.8, 4) is 22.3 Å². The van der Waals surface area contributed by atoms with Gasteiger partial charge in [-0.05, 0) is 46.3 Å². The molecule has 3 heterocycles. The van der Waals surface area contributed by atoms with Gasteiger partial charge < -0.3 is 4.81 Å². The van der Waals surface area contributed by atoms with Gasteiger partial charge >= 0.3 is 6.85 Å². The fourth-order valence-electron chi connectivity index (χ4n) is 5.99. The second-order valence-corrected chi connectivity index (χ2v) is 9.98. The smallest absolute Gasteiger partial charge is 0.329 e. The molecule has 0 aliphatic carbocycles. The van der Waals surface area contributed by atoms with Crippen LogP contribution in [0, 0.1) is 0 Å². The molecule has 3 heteroatoms. The molecule has 0 saturated carbocycles. The molecule has 2 aliphatic rings. The third-order valence-electron chi connectivity index (χ3n) is 7.27. The Bertz CT molecular complexity index is 1750. The first kappa shape index (κ1) is 17.7. The summed E-state index contributed by atoms with van der Waals surface area (Å²) in [6, 6.07) is 40.3. The van der Waals surface area contributed by atoms with Crippen LogP contribution in [0.2, 0.25) is 0 Å². The predicted molar refractivity (Wildman–Crippen MR) is 144 cm³/mol. The van der Waals surface area contributed by atoms with E-state index in [1.54, 1.807) is 0 Å². The third kappa shape index (κ3) is 2.23. The van der Waals surface area contributed by atoms with Crippen LogP contribution in [0.4, 0.5) is 11.4 Å². The van der Waals surface area contributed by atoms with Crippen molar-refractivity contribution in [2.75, 3.05) is 4.81 Å². The highest BCUT2D eigenvalue weighted by Gasteiger charge is 2.42. The van der Waals surface area contributed by atoms with Gasteiger partial charge in [0.15, 0.2) is 0 Å². The van der Waals surface area contributed by atoms with E-state index in [0.29, 0.717) is 0 Å². The minimum absolute atomic E-state index is 0.169. The number of anilines is 2. The summed E-state index contributed by atoms with van der Waals surface area (Å²) in [7, 11) is 0. The summed E-state index contributed by atoms with van der Waals surface area (Å²) in [5, 5.41) is 2.74. The molecule has 0 fully saturated rings. The van der Waals surface area contributed by atoms with Crippen LogP contribution in [-0.2, 0) is 0 Å². The van der Waals surface area contributed by atoms with Gasteiger partial charge in [0.1, 0.15) is 0 Å². The van der Waals surface area contributed by atoms with Gasteiger partial charge in [-0.25, -0.2) is 0 Å². The fourth-order valence-corrected chi connectivity index (χ4v) is 7.10. The molecule has 0 N–H and O–H groups in total. The Morgan fingerprint density at radius 2 is 1.18 bits per heavy atom. The van der Waals surface area contributed by atoms with E-state index < -0.39 is 0 Å². The van der Waals surface area contributed by atoms with Crippen LogP contribution >= 0.6 is 11.3 Å². The zero-order valence-corrected chi connectivity index (χ0v) is 18.6. The Kier molecular flexibility index (Phi) is 3.42. The maximum absolute atomic E-state index is 2.58. The first-order chi connectivity index (χ1) is 16.4. The average molecular weight is 435 g/mol. The number of para-hydroxylation sites is 1. The Labute approximate surface area is 196 Å². The largest absolute Gasteiger partial charge is 0.376 e. The number of benzene rings is 5.